The van der Waals surface area contributed by atoms with Gasteiger partial charge in [-0.05, 0) is 47.4 Å². The number of rotatable bonds is 9. The first-order chi connectivity index (χ1) is 16.6. The van der Waals surface area contributed by atoms with Crippen LogP contribution in [0.4, 0.5) is 0 Å². The fourth-order valence-electron chi connectivity index (χ4n) is 4.50. The molecule has 1 aliphatic rings. The number of Topliss-reactive ketones (excluding diaryl/α,β-unsaturated/α-hetero) is 1. The van der Waals surface area contributed by atoms with E-state index in [4.69, 9.17) is 28.2 Å². The number of aromatic nitrogens is 1. The van der Waals surface area contributed by atoms with E-state index < -0.39 is 9.84 Å². The van der Waals surface area contributed by atoms with Crippen LogP contribution < -0.4 is 0 Å². The minimum absolute atomic E-state index is 0.0565. The molecule has 0 radical (unpaired) electrons. The SMILES string of the molecule is CCS(=O)(=O)c1ccc(CC(=O)Cc2nc3c(s2)CN(Cc2cc(Cl)ccc2Cl)[C@@H]3C(C)C)cc1. The molecule has 2 aromatic carbocycles. The predicted octanol–water partition coefficient (Wildman–Crippen LogP) is 6.31. The van der Waals surface area contributed by atoms with Gasteiger partial charge in [0, 0.05) is 34.4 Å². The van der Waals surface area contributed by atoms with Crippen LogP contribution in [0.1, 0.15) is 53.5 Å². The number of sulfone groups is 1. The van der Waals surface area contributed by atoms with Crippen molar-refractivity contribution in [1.29, 1.82) is 0 Å². The number of fused-ring (bicyclic) bond motifs is 1. The quantitative estimate of drug-likeness (QED) is 0.312. The van der Waals surface area contributed by atoms with E-state index in [1.54, 1.807) is 48.6 Å². The molecule has 3 aromatic rings. The highest BCUT2D eigenvalue weighted by Crippen LogP contribution is 2.42. The number of ketones is 1. The van der Waals surface area contributed by atoms with Crippen LogP contribution in [0.3, 0.4) is 0 Å². The zero-order valence-electron chi connectivity index (χ0n) is 19.9. The zero-order valence-corrected chi connectivity index (χ0v) is 23.1. The minimum atomic E-state index is -3.24. The lowest BCUT2D eigenvalue weighted by molar-refractivity contribution is -0.117. The standard InChI is InChI=1S/C26H28Cl2N2O3S2/c1-4-35(32,33)21-8-5-17(6-9-21)11-20(31)13-24-29-25-23(34-24)15-30(26(25)16(2)3)14-18-12-19(27)7-10-22(18)28/h5-10,12,16,26H,4,11,13-15H2,1-3H3/t26-/m1/s1. The summed E-state index contributed by atoms with van der Waals surface area (Å²) in [5.41, 5.74) is 2.85. The van der Waals surface area contributed by atoms with Crippen LogP contribution in [0.5, 0.6) is 0 Å². The third-order valence-corrected chi connectivity index (χ3v) is 9.63. The Balaban J connectivity index is 1.44. The van der Waals surface area contributed by atoms with Crippen molar-refractivity contribution < 1.29 is 13.2 Å². The highest BCUT2D eigenvalue weighted by atomic mass is 35.5. The first kappa shape index (κ1) is 26.3. The largest absolute Gasteiger partial charge is 0.299 e. The average Bonchev–Trinajstić information content (AvgIpc) is 3.32. The summed E-state index contributed by atoms with van der Waals surface area (Å²) in [7, 11) is -3.24. The van der Waals surface area contributed by atoms with Gasteiger partial charge < -0.3 is 0 Å². The number of carbonyl (C=O) groups is 1. The number of hydrogen-bond donors (Lipinski definition) is 0. The predicted molar refractivity (Wildman–Crippen MR) is 142 cm³/mol. The Labute approximate surface area is 221 Å². The Bertz CT molecular complexity index is 1340. The van der Waals surface area contributed by atoms with Gasteiger partial charge in [0.1, 0.15) is 10.8 Å². The molecule has 186 valence electrons. The maximum Gasteiger partial charge on any atom is 0.178 e. The molecule has 0 fully saturated rings. The van der Waals surface area contributed by atoms with Crippen molar-refractivity contribution in [2.24, 2.45) is 5.92 Å². The topological polar surface area (TPSA) is 67.3 Å². The van der Waals surface area contributed by atoms with Crippen LogP contribution >= 0.6 is 34.5 Å². The lowest BCUT2D eigenvalue weighted by Crippen LogP contribution is -2.26. The van der Waals surface area contributed by atoms with Crippen molar-refractivity contribution in [3.63, 3.8) is 0 Å². The normalized spacial score (nSPS) is 16.1. The van der Waals surface area contributed by atoms with E-state index in [-0.39, 0.29) is 35.3 Å². The molecule has 9 heteroatoms. The second kappa shape index (κ2) is 10.7. The van der Waals surface area contributed by atoms with Gasteiger partial charge in [-0.2, -0.15) is 0 Å². The molecule has 0 aliphatic carbocycles. The van der Waals surface area contributed by atoms with Gasteiger partial charge in [0.15, 0.2) is 9.84 Å². The van der Waals surface area contributed by atoms with E-state index in [9.17, 15) is 13.2 Å². The van der Waals surface area contributed by atoms with Crippen LogP contribution in [0.25, 0.3) is 0 Å². The molecule has 0 unspecified atom stereocenters. The number of thiazole rings is 1. The van der Waals surface area contributed by atoms with Gasteiger partial charge >= 0.3 is 0 Å². The third-order valence-electron chi connectivity index (χ3n) is 6.22. The van der Waals surface area contributed by atoms with Crippen LogP contribution in [-0.2, 0) is 40.6 Å². The van der Waals surface area contributed by atoms with E-state index in [0.29, 0.717) is 22.5 Å². The van der Waals surface area contributed by atoms with Gasteiger partial charge in [0.05, 0.1) is 28.8 Å². The van der Waals surface area contributed by atoms with Crippen molar-refractivity contribution in [1.82, 2.24) is 9.88 Å². The Morgan fingerprint density at radius 3 is 2.51 bits per heavy atom. The zero-order chi connectivity index (χ0) is 25.3. The molecule has 35 heavy (non-hydrogen) atoms. The molecule has 0 saturated heterocycles. The molecule has 2 heterocycles. The number of hydrogen-bond acceptors (Lipinski definition) is 6. The molecular weight excluding hydrogens is 523 g/mol. The highest BCUT2D eigenvalue weighted by molar-refractivity contribution is 7.91. The maximum atomic E-state index is 12.7. The third kappa shape index (κ3) is 5.97. The molecule has 0 amide bonds. The number of carbonyl (C=O) groups excluding carboxylic acids is 1. The molecule has 0 N–H and O–H groups in total. The van der Waals surface area contributed by atoms with E-state index in [0.717, 1.165) is 28.4 Å². The molecule has 1 aliphatic heterocycles. The lowest BCUT2D eigenvalue weighted by Gasteiger charge is -2.28. The Hall–Kier alpha value is -1.77. The van der Waals surface area contributed by atoms with E-state index in [1.807, 2.05) is 12.1 Å². The molecule has 0 spiro atoms. The second-order valence-corrected chi connectivity index (χ2v) is 13.5. The van der Waals surface area contributed by atoms with Gasteiger partial charge in [-0.25, -0.2) is 13.4 Å². The molecule has 4 rings (SSSR count). The maximum absolute atomic E-state index is 12.7. The van der Waals surface area contributed by atoms with Gasteiger partial charge in [-0.15, -0.1) is 11.3 Å². The molecule has 0 saturated carbocycles. The summed E-state index contributed by atoms with van der Waals surface area (Å²) >= 11 is 14.2. The first-order valence-corrected chi connectivity index (χ1v) is 14.8. The summed E-state index contributed by atoms with van der Waals surface area (Å²) in [6.45, 7) is 7.43. The van der Waals surface area contributed by atoms with Gasteiger partial charge in [0.25, 0.3) is 0 Å². The molecule has 1 aromatic heterocycles. The minimum Gasteiger partial charge on any atom is -0.299 e. The summed E-state index contributed by atoms with van der Waals surface area (Å²) < 4.78 is 24.0. The van der Waals surface area contributed by atoms with Gasteiger partial charge in [-0.1, -0.05) is 56.1 Å². The lowest BCUT2D eigenvalue weighted by atomic mass is 10.0. The summed E-state index contributed by atoms with van der Waals surface area (Å²) in [5, 5.41) is 2.20. The van der Waals surface area contributed by atoms with Gasteiger partial charge in [-0.3, -0.25) is 9.69 Å². The van der Waals surface area contributed by atoms with E-state index in [2.05, 4.69) is 18.7 Å². The van der Waals surface area contributed by atoms with Crippen LogP contribution in [0.2, 0.25) is 10.0 Å². The average molecular weight is 552 g/mol. The highest BCUT2D eigenvalue weighted by Gasteiger charge is 2.36. The summed E-state index contributed by atoms with van der Waals surface area (Å²) in [6.07, 6.45) is 0.529. The van der Waals surface area contributed by atoms with Crippen molar-refractivity contribution in [3.8, 4) is 0 Å². The number of halogens is 2. The number of benzene rings is 2. The number of nitrogens with zero attached hydrogens (tertiary/aromatic N) is 2. The first-order valence-electron chi connectivity index (χ1n) is 11.6. The fraction of sp³-hybridized carbons (Fsp3) is 0.385. The van der Waals surface area contributed by atoms with Crippen LogP contribution in [-0.4, -0.2) is 29.8 Å². The fourth-order valence-corrected chi connectivity index (χ4v) is 6.92. The Morgan fingerprint density at radius 1 is 1.14 bits per heavy atom. The van der Waals surface area contributed by atoms with Gasteiger partial charge in [0.2, 0.25) is 0 Å². The van der Waals surface area contributed by atoms with E-state index in [1.165, 1.54) is 4.88 Å². The molecular formula is C26H28Cl2N2O3S2. The molecule has 0 bridgehead atoms. The Morgan fingerprint density at radius 2 is 1.86 bits per heavy atom. The van der Waals surface area contributed by atoms with Crippen LogP contribution in [0.15, 0.2) is 47.4 Å². The van der Waals surface area contributed by atoms with Crippen LogP contribution in [0, 0.1) is 5.92 Å². The monoisotopic (exact) mass is 550 g/mol. The summed E-state index contributed by atoms with van der Waals surface area (Å²) in [4.78, 5) is 21.5. The second-order valence-electron chi connectivity index (χ2n) is 9.19. The van der Waals surface area contributed by atoms with Crippen molar-refractivity contribution in [2.45, 2.75) is 57.6 Å². The smallest absolute Gasteiger partial charge is 0.178 e. The van der Waals surface area contributed by atoms with Crippen molar-refractivity contribution >= 4 is 50.2 Å². The van der Waals surface area contributed by atoms with E-state index >= 15 is 0 Å². The summed E-state index contributed by atoms with van der Waals surface area (Å²) in [6, 6.07) is 12.3. The summed E-state index contributed by atoms with van der Waals surface area (Å²) in [5.74, 6) is 0.464. The van der Waals surface area contributed by atoms with Crippen molar-refractivity contribution in [3.05, 3.63) is 79.2 Å². The molecule has 1 atom stereocenters. The molecule has 5 nitrogen and oxygen atoms in total. The Kier molecular flexibility index (Phi) is 8.03. The van der Waals surface area contributed by atoms with Crippen molar-refractivity contribution in [2.75, 3.05) is 5.75 Å².